The highest BCUT2D eigenvalue weighted by molar-refractivity contribution is 6.32. The number of carbonyl (C=O) groups excluding carboxylic acids is 5. The van der Waals surface area contributed by atoms with Crippen molar-refractivity contribution in [3.05, 3.63) is 152 Å². The number of rotatable bonds is 6. The Morgan fingerprint density at radius 2 is 1.21 bits per heavy atom. The number of hydrogen-bond donors (Lipinski definition) is 0. The minimum absolute atomic E-state index is 0.00964. The number of esters is 5. The Labute approximate surface area is 328 Å². The van der Waals surface area contributed by atoms with Gasteiger partial charge < -0.3 is 28.4 Å². The fourth-order valence-electron chi connectivity index (χ4n) is 8.23. The zero-order chi connectivity index (χ0) is 40.0. The maximum absolute atomic E-state index is 14.0. The Morgan fingerprint density at radius 1 is 0.614 bits per heavy atom. The van der Waals surface area contributed by atoms with Gasteiger partial charge in [-0.05, 0) is 48.4 Å². The van der Waals surface area contributed by atoms with Crippen molar-refractivity contribution in [2.75, 3.05) is 6.79 Å². The molecule has 1 spiro atoms. The molecule has 57 heavy (non-hydrogen) atoms. The largest absolute Gasteiger partial charge is 0.456 e. The van der Waals surface area contributed by atoms with Crippen molar-refractivity contribution < 1.29 is 62.2 Å². The Balaban J connectivity index is 1.35. The van der Waals surface area contributed by atoms with E-state index in [0.717, 1.165) is 11.1 Å². The SMILES string of the molecule is CC(=O)OCOC(=O)c1ccc2c(c1)C1(OC2=O)c2cc(Cl)c(OC(C)=O)cc2Oc2cc(OC(C)=O)c(C34OOC(C)(c5ccccc53)c3ccccc34)cc21. The van der Waals surface area contributed by atoms with Gasteiger partial charge in [-0.3, -0.25) is 14.4 Å². The molecule has 0 amide bonds. The fraction of sp³-hybridized carbons (Fsp3) is 0.186. The number of fused-ring (bicyclic) bond motifs is 7. The number of hydrogen-bond acceptors (Lipinski definition) is 13. The van der Waals surface area contributed by atoms with Gasteiger partial charge in [-0.2, -0.15) is 0 Å². The lowest BCUT2D eigenvalue weighted by Gasteiger charge is -2.52. The van der Waals surface area contributed by atoms with Crippen molar-refractivity contribution >= 4 is 41.4 Å². The molecule has 4 heterocycles. The predicted octanol–water partition coefficient (Wildman–Crippen LogP) is 7.27. The van der Waals surface area contributed by atoms with Gasteiger partial charge in [-0.15, -0.1) is 0 Å². The third-order valence-electron chi connectivity index (χ3n) is 10.5. The van der Waals surface area contributed by atoms with Gasteiger partial charge in [0.1, 0.15) is 17.2 Å². The molecule has 14 heteroatoms. The molecule has 1 atom stereocenters. The van der Waals surface area contributed by atoms with Crippen LogP contribution in [-0.4, -0.2) is 36.6 Å². The lowest BCUT2D eigenvalue weighted by Crippen LogP contribution is -2.52. The standard InChI is InChI=1S/C43H29ClO13/c1-21(45)50-20-51-39(48)24-13-14-25-30(15-24)42(55-40(25)49)31-16-32(43-28-11-7-5-9-26(28)41(4,56-57-43)27-10-6-8-12-29(27)43)35(52-22(2)46)18-36(31)54-37-19-38(53-23(3)47)34(44)17-33(37)42/h5-19H,20H2,1-4H3. The van der Waals surface area contributed by atoms with E-state index in [-0.39, 0.29) is 61.4 Å². The van der Waals surface area contributed by atoms with Crippen molar-refractivity contribution in [3.63, 3.8) is 0 Å². The van der Waals surface area contributed by atoms with Gasteiger partial charge >= 0.3 is 29.8 Å². The minimum Gasteiger partial charge on any atom is -0.456 e. The third-order valence-corrected chi connectivity index (χ3v) is 10.8. The molecule has 5 aromatic carbocycles. The molecule has 286 valence electrons. The van der Waals surface area contributed by atoms with E-state index < -0.39 is 53.4 Å². The summed E-state index contributed by atoms with van der Waals surface area (Å²) in [6.45, 7) is 4.89. The first-order valence-electron chi connectivity index (χ1n) is 17.6. The maximum Gasteiger partial charge on any atom is 0.341 e. The van der Waals surface area contributed by atoms with E-state index in [2.05, 4.69) is 0 Å². The lowest BCUT2D eigenvalue weighted by atomic mass is 9.64. The predicted molar refractivity (Wildman–Crippen MR) is 196 cm³/mol. The van der Waals surface area contributed by atoms with Crippen LogP contribution in [0.15, 0.2) is 91.0 Å². The summed E-state index contributed by atoms with van der Waals surface area (Å²) in [4.78, 5) is 76.4. The Morgan fingerprint density at radius 3 is 1.84 bits per heavy atom. The molecule has 1 aliphatic carbocycles. The summed E-state index contributed by atoms with van der Waals surface area (Å²) < 4.78 is 34.2. The first-order chi connectivity index (χ1) is 27.3. The topological polar surface area (TPSA) is 159 Å². The van der Waals surface area contributed by atoms with Crippen molar-refractivity contribution in [1.29, 1.82) is 0 Å². The average Bonchev–Trinajstić information content (AvgIpc) is 3.47. The van der Waals surface area contributed by atoms with Crippen LogP contribution >= 0.6 is 11.6 Å². The van der Waals surface area contributed by atoms with E-state index in [4.69, 9.17) is 49.8 Å². The summed E-state index contributed by atoms with van der Waals surface area (Å²) in [6, 6.07) is 25.4. The minimum atomic E-state index is -1.90. The van der Waals surface area contributed by atoms with E-state index in [1.54, 1.807) is 6.07 Å². The van der Waals surface area contributed by atoms with E-state index in [0.29, 0.717) is 11.1 Å². The van der Waals surface area contributed by atoms with Crippen LogP contribution in [0.5, 0.6) is 23.0 Å². The van der Waals surface area contributed by atoms with Gasteiger partial charge in [0, 0.05) is 66.3 Å². The van der Waals surface area contributed by atoms with Crippen molar-refractivity contribution in [2.45, 2.75) is 44.5 Å². The van der Waals surface area contributed by atoms with E-state index in [1.165, 1.54) is 57.2 Å². The van der Waals surface area contributed by atoms with Crippen molar-refractivity contribution in [3.8, 4) is 23.0 Å². The highest BCUT2D eigenvalue weighted by atomic mass is 35.5. The first-order valence-corrected chi connectivity index (χ1v) is 18.0. The molecule has 0 radical (unpaired) electrons. The molecule has 0 aromatic heterocycles. The van der Waals surface area contributed by atoms with Crippen LogP contribution in [0.25, 0.3) is 0 Å². The molecule has 2 bridgehead atoms. The molecule has 1 unspecified atom stereocenters. The molecule has 0 fully saturated rings. The van der Waals surface area contributed by atoms with Gasteiger partial charge in [0.25, 0.3) is 0 Å². The summed E-state index contributed by atoms with van der Waals surface area (Å²) >= 11 is 6.75. The van der Waals surface area contributed by atoms with E-state index in [9.17, 15) is 24.0 Å². The van der Waals surface area contributed by atoms with Crippen LogP contribution in [0.1, 0.15) is 92.9 Å². The molecule has 4 aliphatic heterocycles. The Hall–Kier alpha value is -6.54. The van der Waals surface area contributed by atoms with Gasteiger partial charge in [0.15, 0.2) is 22.6 Å². The molecule has 0 saturated heterocycles. The molecule has 0 N–H and O–H groups in total. The average molecular weight is 789 g/mol. The van der Waals surface area contributed by atoms with Crippen LogP contribution < -0.4 is 14.2 Å². The summed E-state index contributed by atoms with van der Waals surface area (Å²) in [5.41, 5.74) is -0.461. The summed E-state index contributed by atoms with van der Waals surface area (Å²) in [5, 5.41) is -0.0226. The Kier molecular flexibility index (Phi) is 8.08. The second-order valence-electron chi connectivity index (χ2n) is 13.9. The number of halogens is 1. The molecule has 0 saturated carbocycles. The summed E-state index contributed by atoms with van der Waals surface area (Å²) in [7, 11) is 0. The number of ether oxygens (including phenoxy) is 6. The number of carbonyl (C=O) groups is 5. The Bertz CT molecular complexity index is 2600. The second kappa shape index (κ2) is 12.7. The molecular weight excluding hydrogens is 760 g/mol. The highest BCUT2D eigenvalue weighted by Gasteiger charge is 2.61. The normalized spacial score (nSPS) is 21.5. The zero-order valence-corrected chi connectivity index (χ0v) is 31.3. The monoisotopic (exact) mass is 788 g/mol. The van der Waals surface area contributed by atoms with Gasteiger partial charge in [0.2, 0.25) is 6.79 Å². The first kappa shape index (κ1) is 36.1. The highest BCUT2D eigenvalue weighted by Crippen LogP contribution is 2.63. The second-order valence-corrected chi connectivity index (χ2v) is 14.3. The molecule has 13 nitrogen and oxygen atoms in total. The van der Waals surface area contributed by atoms with Crippen molar-refractivity contribution in [2.24, 2.45) is 0 Å². The van der Waals surface area contributed by atoms with Gasteiger partial charge in [-0.25, -0.2) is 19.4 Å². The van der Waals surface area contributed by atoms with Crippen LogP contribution in [0.2, 0.25) is 5.02 Å². The van der Waals surface area contributed by atoms with Gasteiger partial charge in [0.05, 0.1) is 16.1 Å². The summed E-state index contributed by atoms with van der Waals surface area (Å²) in [5.74, 6) is -3.47. The molecular formula is C43H29ClO13. The van der Waals surface area contributed by atoms with Crippen molar-refractivity contribution in [1.82, 2.24) is 0 Å². The smallest absolute Gasteiger partial charge is 0.341 e. The quantitative estimate of drug-likeness (QED) is 0.0733. The van der Waals surface area contributed by atoms with Crippen LogP contribution in [0.3, 0.4) is 0 Å². The maximum atomic E-state index is 14.0. The summed E-state index contributed by atoms with van der Waals surface area (Å²) in [6.07, 6.45) is 0. The lowest BCUT2D eigenvalue weighted by molar-refractivity contribution is -0.415. The van der Waals surface area contributed by atoms with Gasteiger partial charge in [-0.1, -0.05) is 60.1 Å². The third kappa shape index (κ3) is 5.19. The zero-order valence-electron chi connectivity index (χ0n) is 30.6. The molecule has 5 aromatic rings. The van der Waals surface area contributed by atoms with Crippen LogP contribution in [0, 0.1) is 0 Å². The van der Waals surface area contributed by atoms with E-state index >= 15 is 0 Å². The fourth-order valence-corrected chi connectivity index (χ4v) is 8.43. The molecule has 5 aliphatic rings. The van der Waals surface area contributed by atoms with Crippen LogP contribution in [-0.2, 0) is 55.2 Å². The number of benzene rings is 5. The van der Waals surface area contributed by atoms with E-state index in [1.807, 2.05) is 55.5 Å². The van der Waals surface area contributed by atoms with Crippen LogP contribution in [0.4, 0.5) is 0 Å². The molecule has 10 rings (SSSR count).